The number of benzene rings is 2. The highest BCUT2D eigenvalue weighted by Gasteiger charge is 2.13. The maximum absolute atomic E-state index is 5.98. The van der Waals surface area contributed by atoms with Crippen molar-refractivity contribution in [1.29, 1.82) is 0 Å². The molecule has 0 heterocycles. The Morgan fingerprint density at radius 2 is 1.46 bits per heavy atom. The van der Waals surface area contributed by atoms with Gasteiger partial charge in [0.2, 0.25) is 0 Å². The molecular formula is C23H32ClNO. The molecule has 0 amide bonds. The van der Waals surface area contributed by atoms with E-state index >= 15 is 0 Å². The lowest BCUT2D eigenvalue weighted by atomic mass is 9.88. The van der Waals surface area contributed by atoms with Crippen molar-refractivity contribution in [2.75, 3.05) is 13.7 Å². The molecule has 0 aromatic heterocycles. The Morgan fingerprint density at radius 1 is 0.846 bits per heavy atom. The average Bonchev–Trinajstić information content (AvgIpc) is 2.65. The second-order valence-electron chi connectivity index (χ2n) is 7.46. The number of halogens is 1. The monoisotopic (exact) mass is 373 g/mol. The van der Waals surface area contributed by atoms with E-state index in [-0.39, 0.29) is 0 Å². The zero-order valence-electron chi connectivity index (χ0n) is 16.5. The van der Waals surface area contributed by atoms with Gasteiger partial charge in [0.1, 0.15) is 5.75 Å². The third kappa shape index (κ3) is 6.66. The SMILES string of the molecule is COc1ccc(C(CCNC(C)c2ccc(Cl)cc2)CCC(C)C)cc1. The van der Waals surface area contributed by atoms with Crippen LogP contribution in [-0.4, -0.2) is 13.7 Å². The molecule has 2 rings (SSSR count). The van der Waals surface area contributed by atoms with Gasteiger partial charge in [-0.05, 0) is 73.5 Å². The van der Waals surface area contributed by atoms with Crippen molar-refractivity contribution in [3.63, 3.8) is 0 Å². The third-order valence-corrected chi connectivity index (χ3v) is 5.24. The average molecular weight is 374 g/mol. The summed E-state index contributed by atoms with van der Waals surface area (Å²) >= 11 is 5.98. The van der Waals surface area contributed by atoms with Crippen LogP contribution in [0.25, 0.3) is 0 Å². The predicted octanol–water partition coefficient (Wildman–Crippen LogP) is 6.61. The normalized spacial score (nSPS) is 13.6. The molecule has 2 aromatic carbocycles. The van der Waals surface area contributed by atoms with Crippen molar-refractivity contribution in [2.45, 2.75) is 52.0 Å². The van der Waals surface area contributed by atoms with E-state index in [9.17, 15) is 0 Å². The predicted molar refractivity (Wildman–Crippen MR) is 112 cm³/mol. The van der Waals surface area contributed by atoms with Gasteiger partial charge in [-0.2, -0.15) is 0 Å². The van der Waals surface area contributed by atoms with Crippen LogP contribution in [0.2, 0.25) is 5.02 Å². The molecule has 2 unspecified atom stereocenters. The molecule has 2 nitrogen and oxygen atoms in total. The topological polar surface area (TPSA) is 21.3 Å². The zero-order chi connectivity index (χ0) is 18.9. The minimum absolute atomic E-state index is 0.328. The summed E-state index contributed by atoms with van der Waals surface area (Å²) in [7, 11) is 1.72. The van der Waals surface area contributed by atoms with E-state index in [1.807, 2.05) is 12.1 Å². The van der Waals surface area contributed by atoms with Gasteiger partial charge in [-0.15, -0.1) is 0 Å². The number of ether oxygens (including phenoxy) is 1. The van der Waals surface area contributed by atoms with Gasteiger partial charge in [-0.1, -0.05) is 56.1 Å². The summed E-state index contributed by atoms with van der Waals surface area (Å²) in [5, 5.41) is 4.45. The summed E-state index contributed by atoms with van der Waals surface area (Å²) in [4.78, 5) is 0. The smallest absolute Gasteiger partial charge is 0.118 e. The van der Waals surface area contributed by atoms with E-state index in [1.54, 1.807) is 7.11 Å². The highest BCUT2D eigenvalue weighted by Crippen LogP contribution is 2.28. The summed E-state index contributed by atoms with van der Waals surface area (Å²) in [6, 6.07) is 17.0. The Balaban J connectivity index is 1.93. The number of hydrogen-bond donors (Lipinski definition) is 1. The molecular weight excluding hydrogens is 342 g/mol. The van der Waals surface area contributed by atoms with Crippen molar-refractivity contribution in [2.24, 2.45) is 5.92 Å². The molecule has 0 radical (unpaired) electrons. The van der Waals surface area contributed by atoms with Crippen LogP contribution in [0, 0.1) is 5.92 Å². The first kappa shape index (κ1) is 20.8. The summed E-state index contributed by atoms with van der Waals surface area (Å²) in [5.41, 5.74) is 2.69. The number of nitrogens with one attached hydrogen (secondary N) is 1. The van der Waals surface area contributed by atoms with Gasteiger partial charge in [0.15, 0.2) is 0 Å². The number of methoxy groups -OCH3 is 1. The summed E-state index contributed by atoms with van der Waals surface area (Å²) in [6.07, 6.45) is 3.61. The third-order valence-electron chi connectivity index (χ3n) is 4.99. The van der Waals surface area contributed by atoms with Gasteiger partial charge in [-0.3, -0.25) is 0 Å². The second-order valence-corrected chi connectivity index (χ2v) is 7.89. The van der Waals surface area contributed by atoms with Gasteiger partial charge < -0.3 is 10.1 Å². The molecule has 0 aliphatic carbocycles. The molecule has 1 N–H and O–H groups in total. The van der Waals surface area contributed by atoms with Crippen molar-refractivity contribution in [3.8, 4) is 5.75 Å². The number of rotatable bonds is 10. The van der Waals surface area contributed by atoms with Gasteiger partial charge in [-0.25, -0.2) is 0 Å². The molecule has 2 atom stereocenters. The zero-order valence-corrected chi connectivity index (χ0v) is 17.2. The molecule has 26 heavy (non-hydrogen) atoms. The molecule has 0 aliphatic rings. The van der Waals surface area contributed by atoms with E-state index in [1.165, 1.54) is 24.0 Å². The van der Waals surface area contributed by atoms with Gasteiger partial charge in [0, 0.05) is 11.1 Å². The first-order chi connectivity index (χ1) is 12.5. The Hall–Kier alpha value is -1.51. The standard InChI is InChI=1S/C23H32ClNO/c1-17(2)5-6-21(20-9-13-23(26-4)14-10-20)15-16-25-18(3)19-7-11-22(24)12-8-19/h7-14,17-18,21,25H,5-6,15-16H2,1-4H3. The lowest BCUT2D eigenvalue weighted by Crippen LogP contribution is -2.21. The molecule has 2 aromatic rings. The highest BCUT2D eigenvalue weighted by atomic mass is 35.5. The quantitative estimate of drug-likeness (QED) is 0.506. The Labute approximate surface area is 163 Å². The van der Waals surface area contributed by atoms with Crippen LogP contribution in [0.4, 0.5) is 0 Å². The van der Waals surface area contributed by atoms with Crippen LogP contribution in [0.15, 0.2) is 48.5 Å². The Kier molecular flexibility index (Phi) is 8.47. The number of hydrogen-bond acceptors (Lipinski definition) is 2. The van der Waals surface area contributed by atoms with Gasteiger partial charge in [0.25, 0.3) is 0 Å². The lowest BCUT2D eigenvalue weighted by molar-refractivity contribution is 0.414. The maximum atomic E-state index is 5.98. The summed E-state index contributed by atoms with van der Waals surface area (Å²) in [6.45, 7) is 7.80. The molecule has 0 saturated carbocycles. The fourth-order valence-corrected chi connectivity index (χ4v) is 3.36. The first-order valence-electron chi connectivity index (χ1n) is 9.62. The Morgan fingerprint density at radius 3 is 2.04 bits per heavy atom. The van der Waals surface area contributed by atoms with E-state index in [0.717, 1.165) is 29.7 Å². The van der Waals surface area contributed by atoms with Crippen LogP contribution in [0.5, 0.6) is 5.75 Å². The van der Waals surface area contributed by atoms with E-state index < -0.39 is 0 Å². The molecule has 0 fully saturated rings. The van der Waals surface area contributed by atoms with Gasteiger partial charge in [0.05, 0.1) is 7.11 Å². The van der Waals surface area contributed by atoms with Crippen LogP contribution < -0.4 is 10.1 Å². The summed E-state index contributed by atoms with van der Waals surface area (Å²) < 4.78 is 5.30. The van der Waals surface area contributed by atoms with Crippen LogP contribution in [0.1, 0.15) is 63.1 Å². The highest BCUT2D eigenvalue weighted by molar-refractivity contribution is 6.30. The molecule has 3 heteroatoms. The minimum atomic E-state index is 0.328. The Bertz CT molecular complexity index is 636. The van der Waals surface area contributed by atoms with Crippen molar-refractivity contribution in [3.05, 3.63) is 64.7 Å². The largest absolute Gasteiger partial charge is 0.497 e. The minimum Gasteiger partial charge on any atom is -0.497 e. The van der Waals surface area contributed by atoms with Crippen molar-refractivity contribution >= 4 is 11.6 Å². The van der Waals surface area contributed by atoms with E-state index in [2.05, 4.69) is 62.5 Å². The molecule has 0 spiro atoms. The van der Waals surface area contributed by atoms with E-state index in [0.29, 0.717) is 12.0 Å². The molecule has 0 saturated heterocycles. The maximum Gasteiger partial charge on any atom is 0.118 e. The van der Waals surface area contributed by atoms with Crippen molar-refractivity contribution < 1.29 is 4.74 Å². The van der Waals surface area contributed by atoms with E-state index in [4.69, 9.17) is 16.3 Å². The van der Waals surface area contributed by atoms with Crippen LogP contribution in [0.3, 0.4) is 0 Å². The van der Waals surface area contributed by atoms with Crippen LogP contribution >= 0.6 is 11.6 Å². The summed E-state index contributed by atoms with van der Waals surface area (Å²) in [5.74, 6) is 2.23. The fraction of sp³-hybridized carbons (Fsp3) is 0.478. The fourth-order valence-electron chi connectivity index (χ4n) is 3.23. The molecule has 0 aliphatic heterocycles. The van der Waals surface area contributed by atoms with Crippen LogP contribution in [-0.2, 0) is 0 Å². The first-order valence-corrected chi connectivity index (χ1v) is 10.00. The van der Waals surface area contributed by atoms with Crippen molar-refractivity contribution in [1.82, 2.24) is 5.32 Å². The molecule has 142 valence electrons. The second kappa shape index (κ2) is 10.6. The lowest BCUT2D eigenvalue weighted by Gasteiger charge is -2.21. The molecule has 0 bridgehead atoms. The van der Waals surface area contributed by atoms with Gasteiger partial charge >= 0.3 is 0 Å².